The molecular formula is C21H26N2OS. The molecule has 4 heteroatoms. The van der Waals surface area contributed by atoms with Crippen LogP contribution in [0, 0.1) is 20.8 Å². The topological polar surface area (TPSA) is 33.3 Å². The number of aryl methyl sites for hydroxylation is 3. The molecule has 3 rings (SSSR count). The number of nitrogens with one attached hydrogen (secondary N) is 2. The lowest BCUT2D eigenvalue weighted by Gasteiger charge is -2.38. The van der Waals surface area contributed by atoms with Gasteiger partial charge in [-0.1, -0.05) is 23.8 Å². The van der Waals surface area contributed by atoms with Crippen molar-refractivity contribution in [3.05, 3.63) is 58.7 Å². The summed E-state index contributed by atoms with van der Waals surface area (Å²) >= 11 is 5.57. The number of hydrogen-bond donors (Lipinski definition) is 2. The zero-order chi connectivity index (χ0) is 18.2. The first-order valence-electron chi connectivity index (χ1n) is 8.68. The van der Waals surface area contributed by atoms with Gasteiger partial charge in [0.25, 0.3) is 0 Å². The summed E-state index contributed by atoms with van der Waals surface area (Å²) in [5, 5.41) is 7.43. The Morgan fingerprint density at radius 2 is 1.84 bits per heavy atom. The van der Waals surface area contributed by atoms with Gasteiger partial charge in [-0.25, -0.2) is 0 Å². The van der Waals surface area contributed by atoms with Crippen LogP contribution in [0.5, 0.6) is 5.75 Å². The summed E-state index contributed by atoms with van der Waals surface area (Å²) in [6.07, 6.45) is 0.859. The third kappa shape index (κ3) is 4.13. The lowest BCUT2D eigenvalue weighted by Crippen LogP contribution is -2.42. The van der Waals surface area contributed by atoms with Gasteiger partial charge in [-0.3, -0.25) is 0 Å². The Kier molecular flexibility index (Phi) is 4.74. The smallest absolute Gasteiger partial charge is 0.171 e. The molecule has 0 fully saturated rings. The van der Waals surface area contributed by atoms with Crippen LogP contribution in [-0.4, -0.2) is 10.7 Å². The molecule has 2 aromatic carbocycles. The van der Waals surface area contributed by atoms with Crippen molar-refractivity contribution in [2.75, 3.05) is 5.32 Å². The van der Waals surface area contributed by atoms with E-state index in [1.54, 1.807) is 0 Å². The number of hydrogen-bond acceptors (Lipinski definition) is 2. The Balaban J connectivity index is 1.78. The Morgan fingerprint density at radius 1 is 1.08 bits per heavy atom. The van der Waals surface area contributed by atoms with Crippen LogP contribution in [0.3, 0.4) is 0 Å². The van der Waals surface area contributed by atoms with Gasteiger partial charge in [-0.2, -0.15) is 0 Å². The highest BCUT2D eigenvalue weighted by atomic mass is 32.1. The van der Waals surface area contributed by atoms with E-state index in [0.717, 1.165) is 17.9 Å². The first-order valence-corrected chi connectivity index (χ1v) is 9.09. The van der Waals surface area contributed by atoms with Crippen molar-refractivity contribution >= 4 is 23.0 Å². The molecule has 0 aliphatic carbocycles. The minimum Gasteiger partial charge on any atom is -0.487 e. The second-order valence-corrected chi connectivity index (χ2v) is 7.97. The summed E-state index contributed by atoms with van der Waals surface area (Å²) in [5.41, 5.74) is 5.71. The molecule has 3 nitrogen and oxygen atoms in total. The number of thiocarbonyl (C=S) groups is 1. The van der Waals surface area contributed by atoms with Crippen LogP contribution in [-0.2, 0) is 0 Å². The molecule has 132 valence electrons. The lowest BCUT2D eigenvalue weighted by molar-refractivity contribution is 0.0696. The zero-order valence-electron chi connectivity index (χ0n) is 15.6. The highest BCUT2D eigenvalue weighted by molar-refractivity contribution is 7.80. The van der Waals surface area contributed by atoms with Crippen molar-refractivity contribution in [1.82, 2.24) is 5.32 Å². The summed E-state index contributed by atoms with van der Waals surface area (Å²) in [4.78, 5) is 0. The molecule has 0 amide bonds. The third-order valence-electron chi connectivity index (χ3n) is 4.69. The first kappa shape index (κ1) is 17.7. The molecule has 1 atom stereocenters. The van der Waals surface area contributed by atoms with Crippen LogP contribution in [0.4, 0.5) is 5.69 Å². The van der Waals surface area contributed by atoms with Crippen LogP contribution < -0.4 is 15.4 Å². The van der Waals surface area contributed by atoms with Gasteiger partial charge >= 0.3 is 0 Å². The largest absolute Gasteiger partial charge is 0.487 e. The quantitative estimate of drug-likeness (QED) is 0.726. The van der Waals surface area contributed by atoms with Crippen LogP contribution in [0.25, 0.3) is 0 Å². The third-order valence-corrected chi connectivity index (χ3v) is 4.91. The molecule has 2 N–H and O–H groups in total. The second-order valence-electron chi connectivity index (χ2n) is 7.56. The van der Waals surface area contributed by atoms with E-state index in [1.165, 1.54) is 22.3 Å². The maximum Gasteiger partial charge on any atom is 0.171 e. The fourth-order valence-corrected chi connectivity index (χ4v) is 3.51. The van der Waals surface area contributed by atoms with E-state index in [-0.39, 0.29) is 11.6 Å². The number of rotatable bonds is 2. The van der Waals surface area contributed by atoms with E-state index in [1.807, 2.05) is 0 Å². The zero-order valence-corrected chi connectivity index (χ0v) is 16.4. The van der Waals surface area contributed by atoms with Crippen LogP contribution in [0.1, 0.15) is 48.6 Å². The van der Waals surface area contributed by atoms with E-state index in [9.17, 15) is 0 Å². The maximum atomic E-state index is 6.13. The fraction of sp³-hybridized carbons (Fsp3) is 0.381. The highest BCUT2D eigenvalue weighted by Gasteiger charge is 2.34. The van der Waals surface area contributed by atoms with Gasteiger partial charge < -0.3 is 15.4 Å². The predicted molar refractivity (Wildman–Crippen MR) is 109 cm³/mol. The average Bonchev–Trinajstić information content (AvgIpc) is 2.51. The molecule has 25 heavy (non-hydrogen) atoms. The molecule has 1 aliphatic heterocycles. The van der Waals surface area contributed by atoms with Crippen molar-refractivity contribution in [3.8, 4) is 5.75 Å². The van der Waals surface area contributed by atoms with Gasteiger partial charge in [-0.15, -0.1) is 0 Å². The molecule has 0 bridgehead atoms. The Morgan fingerprint density at radius 3 is 2.56 bits per heavy atom. The molecule has 1 aliphatic rings. The van der Waals surface area contributed by atoms with E-state index in [4.69, 9.17) is 17.0 Å². The van der Waals surface area contributed by atoms with Gasteiger partial charge in [0, 0.05) is 17.7 Å². The molecule has 2 aromatic rings. The summed E-state index contributed by atoms with van der Waals surface area (Å²) in [6, 6.07) is 12.7. The minimum atomic E-state index is -0.226. The van der Waals surface area contributed by atoms with E-state index >= 15 is 0 Å². The molecule has 0 saturated heterocycles. The highest BCUT2D eigenvalue weighted by Crippen LogP contribution is 2.39. The molecule has 0 radical (unpaired) electrons. The summed E-state index contributed by atoms with van der Waals surface area (Å²) in [6.45, 7) is 10.5. The van der Waals surface area contributed by atoms with Crippen LogP contribution >= 0.6 is 12.2 Å². The van der Waals surface area contributed by atoms with Crippen LogP contribution in [0.15, 0.2) is 36.4 Å². The first-order chi connectivity index (χ1) is 11.7. The predicted octanol–water partition coefficient (Wildman–Crippen LogP) is 5.20. The fourth-order valence-electron chi connectivity index (χ4n) is 3.25. The van der Waals surface area contributed by atoms with Crippen molar-refractivity contribution in [1.29, 1.82) is 0 Å². The van der Waals surface area contributed by atoms with Gasteiger partial charge in [0.15, 0.2) is 5.11 Å². The monoisotopic (exact) mass is 354 g/mol. The molecule has 1 heterocycles. The minimum absolute atomic E-state index is 0.130. The molecule has 0 spiro atoms. The Labute approximate surface area is 155 Å². The van der Waals surface area contributed by atoms with Gasteiger partial charge in [0.2, 0.25) is 0 Å². The van der Waals surface area contributed by atoms with Crippen LogP contribution in [0.2, 0.25) is 0 Å². The average molecular weight is 355 g/mol. The molecule has 0 aromatic heterocycles. The lowest BCUT2D eigenvalue weighted by atomic mass is 9.89. The van der Waals surface area contributed by atoms with Gasteiger partial charge in [-0.05, 0) is 76.2 Å². The standard InChI is InChI=1S/C21H26N2OS/c1-13-6-9-19-17(10-13)18(12-21(4,5)24-19)23-20(25)22-16-8-7-14(2)15(3)11-16/h6-11,18H,12H2,1-5H3,(H2,22,23,25)/t18-/m0/s1. The summed E-state index contributed by atoms with van der Waals surface area (Å²) in [5.74, 6) is 0.938. The molecular weight excluding hydrogens is 328 g/mol. The van der Waals surface area contributed by atoms with Crippen molar-refractivity contribution in [2.45, 2.75) is 52.7 Å². The van der Waals surface area contributed by atoms with E-state index in [0.29, 0.717) is 5.11 Å². The normalized spacial score (nSPS) is 18.0. The van der Waals surface area contributed by atoms with E-state index < -0.39 is 0 Å². The van der Waals surface area contributed by atoms with Gasteiger partial charge in [0.1, 0.15) is 11.4 Å². The summed E-state index contributed by atoms with van der Waals surface area (Å²) in [7, 11) is 0. The van der Waals surface area contributed by atoms with E-state index in [2.05, 4.69) is 81.7 Å². The number of benzene rings is 2. The van der Waals surface area contributed by atoms with Crippen molar-refractivity contribution in [2.24, 2.45) is 0 Å². The molecule has 0 unspecified atom stereocenters. The molecule has 0 saturated carbocycles. The van der Waals surface area contributed by atoms with Gasteiger partial charge in [0.05, 0.1) is 6.04 Å². The number of anilines is 1. The Hall–Kier alpha value is -2.07. The van der Waals surface area contributed by atoms with Crippen molar-refractivity contribution < 1.29 is 4.74 Å². The SMILES string of the molecule is Cc1ccc2c(c1)[C@@H](NC(=S)Nc1ccc(C)c(C)c1)CC(C)(C)O2. The van der Waals surface area contributed by atoms with Crippen molar-refractivity contribution in [3.63, 3.8) is 0 Å². The second kappa shape index (κ2) is 6.68. The Bertz CT molecular complexity index is 814. The number of fused-ring (bicyclic) bond motifs is 1. The summed E-state index contributed by atoms with van der Waals surface area (Å²) < 4.78 is 6.13. The maximum absolute atomic E-state index is 6.13. The number of ether oxygens (including phenoxy) is 1.